The van der Waals surface area contributed by atoms with Gasteiger partial charge in [-0.25, -0.2) is 9.18 Å². The molecular weight excluding hydrogens is 431 g/mol. The third kappa shape index (κ3) is 4.25. The zero-order chi connectivity index (χ0) is 20.5. The van der Waals surface area contributed by atoms with E-state index in [1.54, 1.807) is 24.3 Å². The van der Waals surface area contributed by atoms with Gasteiger partial charge in [-0.15, -0.1) is 11.3 Å². The Morgan fingerprint density at radius 1 is 1.28 bits per heavy atom. The fourth-order valence-electron chi connectivity index (χ4n) is 3.00. The molecule has 0 unspecified atom stereocenters. The molecule has 2 N–H and O–H groups in total. The van der Waals surface area contributed by atoms with Gasteiger partial charge < -0.3 is 9.83 Å². The summed E-state index contributed by atoms with van der Waals surface area (Å²) < 4.78 is 18.0. The van der Waals surface area contributed by atoms with Gasteiger partial charge in [-0.05, 0) is 72.7 Å². The van der Waals surface area contributed by atoms with E-state index in [4.69, 9.17) is 11.6 Å². The van der Waals surface area contributed by atoms with Crippen LogP contribution in [0.1, 0.15) is 40.2 Å². The molecule has 0 aliphatic heterocycles. The van der Waals surface area contributed by atoms with Crippen molar-refractivity contribution in [3.05, 3.63) is 69.3 Å². The lowest BCUT2D eigenvalue weighted by Crippen LogP contribution is -2.00. The van der Waals surface area contributed by atoms with Crippen molar-refractivity contribution in [1.29, 1.82) is 5.26 Å². The van der Waals surface area contributed by atoms with Gasteiger partial charge in [0, 0.05) is 15.3 Å². The third-order valence-corrected chi connectivity index (χ3v) is 6.77. The number of benzene rings is 2. The largest absolute Gasteiger partial charge is 0.478 e. The van der Waals surface area contributed by atoms with Gasteiger partial charge in [0.2, 0.25) is 0 Å². The summed E-state index contributed by atoms with van der Waals surface area (Å²) in [7, 11) is 0. The summed E-state index contributed by atoms with van der Waals surface area (Å²) in [6.45, 7) is 0. The molecular formula is C21H14ClFN2O2S2. The Morgan fingerprint density at radius 2 is 2.07 bits per heavy atom. The summed E-state index contributed by atoms with van der Waals surface area (Å²) in [5, 5.41) is 18.5. The number of nitrogens with zero attached hydrogens (tertiary/aromatic N) is 1. The van der Waals surface area contributed by atoms with Crippen LogP contribution >= 0.6 is 34.9 Å². The number of rotatable bonds is 6. The summed E-state index contributed by atoms with van der Waals surface area (Å²) >= 11 is 8.61. The van der Waals surface area contributed by atoms with Crippen LogP contribution in [0.25, 0.3) is 10.4 Å². The van der Waals surface area contributed by atoms with E-state index in [2.05, 4.69) is 4.72 Å². The fourth-order valence-corrected chi connectivity index (χ4v) is 5.00. The monoisotopic (exact) mass is 444 g/mol. The van der Waals surface area contributed by atoms with Gasteiger partial charge in [0.05, 0.1) is 21.2 Å². The van der Waals surface area contributed by atoms with E-state index in [1.165, 1.54) is 35.4 Å². The Morgan fingerprint density at radius 3 is 2.69 bits per heavy atom. The predicted molar refractivity (Wildman–Crippen MR) is 114 cm³/mol. The van der Waals surface area contributed by atoms with Crippen molar-refractivity contribution in [2.45, 2.75) is 23.7 Å². The number of aromatic carboxylic acids is 1. The minimum absolute atomic E-state index is 0.0683. The van der Waals surface area contributed by atoms with Crippen molar-refractivity contribution in [3.63, 3.8) is 0 Å². The Bertz CT molecular complexity index is 1150. The van der Waals surface area contributed by atoms with Gasteiger partial charge in [0.15, 0.2) is 0 Å². The van der Waals surface area contributed by atoms with Crippen molar-refractivity contribution in [2.24, 2.45) is 0 Å². The van der Waals surface area contributed by atoms with Crippen LogP contribution in [0.15, 0.2) is 47.4 Å². The minimum atomic E-state index is -0.989. The zero-order valence-electron chi connectivity index (χ0n) is 14.9. The highest BCUT2D eigenvalue weighted by Gasteiger charge is 2.27. The second-order valence-corrected chi connectivity index (χ2v) is 9.19. The number of carboxylic acids is 1. The molecule has 1 heterocycles. The predicted octanol–water partition coefficient (Wildman–Crippen LogP) is 6.77. The average Bonchev–Trinajstić information content (AvgIpc) is 3.46. The number of thiophene rings is 1. The minimum Gasteiger partial charge on any atom is -0.478 e. The first kappa shape index (κ1) is 19.8. The van der Waals surface area contributed by atoms with Crippen molar-refractivity contribution < 1.29 is 14.3 Å². The lowest BCUT2D eigenvalue weighted by molar-refractivity contribution is 0.0696. The van der Waals surface area contributed by atoms with E-state index >= 15 is 0 Å². The summed E-state index contributed by atoms with van der Waals surface area (Å²) in [4.78, 5) is 12.9. The number of nitriles is 1. The first-order chi connectivity index (χ1) is 14.0. The molecule has 0 spiro atoms. The van der Waals surface area contributed by atoms with Crippen molar-refractivity contribution in [3.8, 4) is 16.5 Å². The van der Waals surface area contributed by atoms with E-state index in [0.717, 1.165) is 28.2 Å². The molecule has 146 valence electrons. The number of hydrogen-bond acceptors (Lipinski definition) is 5. The van der Waals surface area contributed by atoms with Crippen molar-refractivity contribution in [1.82, 2.24) is 0 Å². The number of carboxylic acid groups (broad SMARTS) is 1. The molecule has 0 bridgehead atoms. The van der Waals surface area contributed by atoms with Crippen LogP contribution in [-0.2, 0) is 0 Å². The Hall–Kier alpha value is -2.53. The highest BCUT2D eigenvalue weighted by Crippen LogP contribution is 2.45. The van der Waals surface area contributed by atoms with Crippen LogP contribution < -0.4 is 4.72 Å². The highest BCUT2D eigenvalue weighted by molar-refractivity contribution is 8.00. The van der Waals surface area contributed by atoms with Gasteiger partial charge in [-0.1, -0.05) is 17.7 Å². The quantitative estimate of drug-likeness (QED) is 0.410. The molecule has 1 saturated carbocycles. The Balaban J connectivity index is 1.70. The van der Waals surface area contributed by atoms with Gasteiger partial charge >= 0.3 is 5.97 Å². The van der Waals surface area contributed by atoms with Gasteiger partial charge in [0.25, 0.3) is 0 Å². The molecule has 0 saturated heterocycles. The van der Waals surface area contributed by atoms with E-state index < -0.39 is 11.8 Å². The van der Waals surface area contributed by atoms with Gasteiger partial charge in [-0.2, -0.15) is 5.26 Å². The van der Waals surface area contributed by atoms with E-state index in [-0.39, 0.29) is 11.1 Å². The van der Waals surface area contributed by atoms with E-state index in [1.807, 2.05) is 12.1 Å². The fraction of sp³-hybridized carbons (Fsp3) is 0.143. The third-order valence-electron chi connectivity index (χ3n) is 4.61. The number of hydrogen-bond donors (Lipinski definition) is 2. The topological polar surface area (TPSA) is 73.1 Å². The number of carbonyl (C=O) groups is 1. The lowest BCUT2D eigenvalue weighted by atomic mass is 10.1. The summed E-state index contributed by atoms with van der Waals surface area (Å²) in [6, 6.07) is 13.3. The van der Waals surface area contributed by atoms with Crippen molar-refractivity contribution in [2.75, 3.05) is 4.72 Å². The van der Waals surface area contributed by atoms with Gasteiger partial charge in [0.1, 0.15) is 11.9 Å². The zero-order valence-corrected chi connectivity index (χ0v) is 17.3. The normalized spacial score (nSPS) is 13.1. The van der Waals surface area contributed by atoms with E-state index in [0.29, 0.717) is 21.5 Å². The SMILES string of the molecule is N#Cc1cc(NSc2cc(C(=O)O)ccc2C2CC2)c(-c2ccc(Cl)s2)cc1F. The summed E-state index contributed by atoms with van der Waals surface area (Å²) in [5.74, 6) is -1.16. The smallest absolute Gasteiger partial charge is 0.335 e. The second kappa shape index (κ2) is 8.07. The first-order valence-corrected chi connectivity index (χ1v) is 10.8. The lowest BCUT2D eigenvalue weighted by Gasteiger charge is -2.14. The molecule has 8 heteroatoms. The molecule has 2 aromatic carbocycles. The van der Waals surface area contributed by atoms with E-state index in [9.17, 15) is 19.6 Å². The van der Waals surface area contributed by atoms with Crippen molar-refractivity contribution >= 4 is 46.5 Å². The average molecular weight is 445 g/mol. The maximum Gasteiger partial charge on any atom is 0.335 e. The van der Waals surface area contributed by atoms with Crippen LogP contribution in [0.4, 0.5) is 10.1 Å². The second-order valence-electron chi connectivity index (χ2n) is 6.63. The Kier molecular flexibility index (Phi) is 5.50. The molecule has 1 aliphatic carbocycles. The maximum absolute atomic E-state index is 14.3. The Labute approximate surface area is 180 Å². The molecule has 1 aliphatic rings. The van der Waals surface area contributed by atoms with Crippen LogP contribution in [0.3, 0.4) is 0 Å². The highest BCUT2D eigenvalue weighted by atomic mass is 35.5. The number of anilines is 1. The number of halogens is 2. The van der Waals surface area contributed by atoms with Crippen LogP contribution in [0, 0.1) is 17.1 Å². The standard InChI is InChI=1S/C21H14ClFN2O2S2/c22-20-6-5-18(28-20)15-9-16(23)13(10-24)7-17(15)25-29-19-8-12(21(26)27)3-4-14(19)11-1-2-11/h3-9,11,25H,1-2H2,(H,26,27). The molecule has 4 rings (SSSR count). The molecule has 1 aromatic heterocycles. The summed E-state index contributed by atoms with van der Waals surface area (Å²) in [5.41, 5.74) is 2.39. The summed E-state index contributed by atoms with van der Waals surface area (Å²) in [6.07, 6.45) is 2.15. The molecule has 1 fully saturated rings. The molecule has 3 aromatic rings. The molecule has 0 radical (unpaired) electrons. The van der Waals surface area contributed by atoms with Crippen LogP contribution in [0.5, 0.6) is 0 Å². The molecule has 0 atom stereocenters. The first-order valence-electron chi connectivity index (χ1n) is 8.75. The molecule has 4 nitrogen and oxygen atoms in total. The van der Waals surface area contributed by atoms with Crippen LogP contribution in [-0.4, -0.2) is 11.1 Å². The maximum atomic E-state index is 14.3. The number of nitrogens with one attached hydrogen (secondary N) is 1. The molecule has 0 amide bonds. The van der Waals surface area contributed by atoms with Gasteiger partial charge in [-0.3, -0.25) is 0 Å². The molecule has 29 heavy (non-hydrogen) atoms. The van der Waals surface area contributed by atoms with Crippen LogP contribution in [0.2, 0.25) is 4.34 Å².